The van der Waals surface area contributed by atoms with E-state index in [-0.39, 0.29) is 0 Å². The van der Waals surface area contributed by atoms with Crippen LogP contribution in [0.5, 0.6) is 0 Å². The van der Waals surface area contributed by atoms with Crippen molar-refractivity contribution in [3.05, 3.63) is 36.8 Å². The smallest absolute Gasteiger partial charge is 0.268 e. The Bertz CT molecular complexity index is 621. The van der Waals surface area contributed by atoms with Crippen molar-refractivity contribution in [1.82, 2.24) is 35.6 Å². The van der Waals surface area contributed by atoms with Crippen molar-refractivity contribution in [1.29, 1.82) is 0 Å². The Hall–Kier alpha value is -2.90. The van der Waals surface area contributed by atoms with Crippen molar-refractivity contribution in [2.24, 2.45) is 0 Å². The monoisotopic (exact) mass is 240 g/mol. The third kappa shape index (κ3) is 2.12. The Morgan fingerprint density at radius 1 is 1.11 bits per heavy atom. The highest BCUT2D eigenvalue weighted by Crippen LogP contribution is 2.15. The van der Waals surface area contributed by atoms with Gasteiger partial charge in [-0.1, -0.05) is 11.2 Å². The quantitative estimate of drug-likeness (QED) is 0.697. The van der Waals surface area contributed by atoms with Crippen LogP contribution in [0.15, 0.2) is 36.8 Å². The molecule has 88 valence electrons. The first-order valence-corrected chi connectivity index (χ1v) is 5.16. The van der Waals surface area contributed by atoms with E-state index >= 15 is 0 Å². The normalized spacial score (nSPS) is 10.2. The van der Waals surface area contributed by atoms with Gasteiger partial charge in [-0.2, -0.15) is 5.21 Å². The van der Waals surface area contributed by atoms with E-state index in [2.05, 4.69) is 40.9 Å². The molecule has 3 aromatic heterocycles. The van der Waals surface area contributed by atoms with Crippen LogP contribution < -0.4 is 5.32 Å². The van der Waals surface area contributed by atoms with Gasteiger partial charge in [-0.3, -0.25) is 9.97 Å². The van der Waals surface area contributed by atoms with Gasteiger partial charge in [0, 0.05) is 6.20 Å². The van der Waals surface area contributed by atoms with E-state index in [4.69, 9.17) is 0 Å². The molecule has 0 aliphatic carbocycles. The van der Waals surface area contributed by atoms with Gasteiger partial charge < -0.3 is 5.32 Å². The van der Waals surface area contributed by atoms with Crippen LogP contribution in [0.2, 0.25) is 0 Å². The average molecular weight is 240 g/mol. The maximum absolute atomic E-state index is 4.36. The van der Waals surface area contributed by atoms with E-state index in [1.807, 2.05) is 18.2 Å². The van der Waals surface area contributed by atoms with Crippen LogP contribution >= 0.6 is 0 Å². The molecule has 0 spiro atoms. The SMILES string of the molecule is c1ccc(-c2cncc(Nc3nn[nH]n3)n2)nc1. The third-order valence-corrected chi connectivity index (χ3v) is 2.15. The molecule has 0 aromatic carbocycles. The largest absolute Gasteiger partial charge is 0.305 e. The van der Waals surface area contributed by atoms with Gasteiger partial charge in [0.15, 0.2) is 5.82 Å². The van der Waals surface area contributed by atoms with Gasteiger partial charge in [-0.15, -0.1) is 5.10 Å². The topological polar surface area (TPSA) is 105 Å². The summed E-state index contributed by atoms with van der Waals surface area (Å²) < 4.78 is 0. The van der Waals surface area contributed by atoms with Crippen LogP contribution in [0.3, 0.4) is 0 Å². The van der Waals surface area contributed by atoms with Crippen molar-refractivity contribution in [2.75, 3.05) is 5.32 Å². The number of hydrogen-bond donors (Lipinski definition) is 2. The fraction of sp³-hybridized carbons (Fsp3) is 0. The Morgan fingerprint density at radius 3 is 2.89 bits per heavy atom. The second kappa shape index (κ2) is 4.53. The van der Waals surface area contributed by atoms with Crippen molar-refractivity contribution in [3.63, 3.8) is 0 Å². The van der Waals surface area contributed by atoms with Crippen molar-refractivity contribution in [2.45, 2.75) is 0 Å². The van der Waals surface area contributed by atoms with Gasteiger partial charge in [0.05, 0.1) is 18.1 Å². The predicted octanol–water partition coefficient (Wildman–Crippen LogP) is 0.795. The molecule has 18 heavy (non-hydrogen) atoms. The number of aromatic amines is 1. The number of H-pyrrole nitrogens is 1. The summed E-state index contributed by atoms with van der Waals surface area (Å²) in [5.41, 5.74) is 1.42. The number of anilines is 2. The van der Waals surface area contributed by atoms with E-state index in [1.54, 1.807) is 18.6 Å². The number of aromatic nitrogens is 7. The third-order valence-electron chi connectivity index (χ3n) is 2.15. The standard InChI is InChI=1S/C10H8N8/c1-2-4-12-7(3-1)8-5-11-6-9(13-8)14-10-15-17-18-16-10/h1-6H,(H2,13,14,15,16,17,18). The first kappa shape index (κ1) is 10.3. The molecule has 0 amide bonds. The van der Waals surface area contributed by atoms with Crippen molar-refractivity contribution < 1.29 is 0 Å². The summed E-state index contributed by atoms with van der Waals surface area (Å²) in [7, 11) is 0. The molecule has 0 aliphatic rings. The molecule has 0 aliphatic heterocycles. The lowest BCUT2D eigenvalue weighted by Crippen LogP contribution is -1.98. The minimum atomic E-state index is 0.336. The molecule has 3 aromatic rings. The van der Waals surface area contributed by atoms with Crippen LogP contribution in [0.4, 0.5) is 11.8 Å². The number of tetrazole rings is 1. The lowest BCUT2D eigenvalue weighted by molar-refractivity contribution is 0.881. The van der Waals surface area contributed by atoms with Crippen LogP contribution in [0.1, 0.15) is 0 Å². The van der Waals surface area contributed by atoms with Gasteiger partial charge >= 0.3 is 0 Å². The Kier molecular flexibility index (Phi) is 2.59. The van der Waals surface area contributed by atoms with E-state index < -0.39 is 0 Å². The van der Waals surface area contributed by atoms with E-state index in [0.29, 0.717) is 17.5 Å². The summed E-state index contributed by atoms with van der Waals surface area (Å²) in [6.07, 6.45) is 4.92. The zero-order chi connectivity index (χ0) is 12.2. The molecule has 0 atom stereocenters. The summed E-state index contributed by atoms with van der Waals surface area (Å²) in [5, 5.41) is 16.2. The molecule has 0 bridgehead atoms. The predicted molar refractivity (Wildman–Crippen MR) is 62.7 cm³/mol. The lowest BCUT2D eigenvalue weighted by Gasteiger charge is -2.02. The fourth-order valence-electron chi connectivity index (χ4n) is 1.39. The molecular weight excluding hydrogens is 232 g/mol. The molecule has 0 saturated heterocycles. The van der Waals surface area contributed by atoms with E-state index in [0.717, 1.165) is 5.69 Å². The minimum absolute atomic E-state index is 0.336. The number of nitrogens with zero attached hydrogens (tertiary/aromatic N) is 6. The van der Waals surface area contributed by atoms with Gasteiger partial charge in [0.25, 0.3) is 5.95 Å². The Morgan fingerprint density at radius 2 is 2.11 bits per heavy atom. The lowest BCUT2D eigenvalue weighted by atomic mass is 10.3. The molecule has 3 rings (SSSR count). The van der Waals surface area contributed by atoms with Gasteiger partial charge in [0.2, 0.25) is 0 Å². The summed E-state index contributed by atoms with van der Waals surface area (Å²) in [6.45, 7) is 0. The zero-order valence-corrected chi connectivity index (χ0v) is 9.15. The molecular formula is C10H8N8. The highest BCUT2D eigenvalue weighted by Gasteiger charge is 2.04. The molecule has 2 N–H and O–H groups in total. The van der Waals surface area contributed by atoms with E-state index in [1.165, 1.54) is 0 Å². The van der Waals surface area contributed by atoms with Crippen LogP contribution in [-0.4, -0.2) is 35.6 Å². The first-order chi connectivity index (χ1) is 8.92. The molecule has 8 nitrogen and oxygen atoms in total. The molecule has 0 unspecified atom stereocenters. The van der Waals surface area contributed by atoms with Gasteiger partial charge in [-0.25, -0.2) is 4.98 Å². The summed E-state index contributed by atoms with van der Waals surface area (Å²) >= 11 is 0. The number of hydrogen-bond acceptors (Lipinski definition) is 7. The van der Waals surface area contributed by atoms with Crippen LogP contribution in [0.25, 0.3) is 11.4 Å². The highest BCUT2D eigenvalue weighted by atomic mass is 15.5. The minimum Gasteiger partial charge on any atom is -0.305 e. The van der Waals surface area contributed by atoms with Gasteiger partial charge in [-0.05, 0) is 17.3 Å². The number of rotatable bonds is 3. The first-order valence-electron chi connectivity index (χ1n) is 5.16. The van der Waals surface area contributed by atoms with Crippen molar-refractivity contribution >= 4 is 11.8 Å². The van der Waals surface area contributed by atoms with Gasteiger partial charge in [0.1, 0.15) is 5.69 Å². The Balaban J connectivity index is 1.90. The highest BCUT2D eigenvalue weighted by molar-refractivity contribution is 5.56. The van der Waals surface area contributed by atoms with E-state index in [9.17, 15) is 0 Å². The summed E-state index contributed by atoms with van der Waals surface area (Å²) in [6, 6.07) is 5.60. The van der Waals surface area contributed by atoms with Crippen molar-refractivity contribution in [3.8, 4) is 11.4 Å². The molecule has 3 heterocycles. The summed E-state index contributed by atoms with van der Waals surface area (Å²) in [5.74, 6) is 0.863. The summed E-state index contributed by atoms with van der Waals surface area (Å²) in [4.78, 5) is 12.7. The molecule has 0 radical (unpaired) electrons. The maximum atomic E-state index is 4.36. The second-order valence-electron chi connectivity index (χ2n) is 3.36. The molecule has 8 heteroatoms. The fourth-order valence-corrected chi connectivity index (χ4v) is 1.39. The van der Waals surface area contributed by atoms with Crippen LogP contribution in [-0.2, 0) is 0 Å². The maximum Gasteiger partial charge on any atom is 0.268 e. The molecule has 0 saturated carbocycles. The Labute approximate surface area is 102 Å². The molecule has 0 fully saturated rings. The average Bonchev–Trinajstić information content (AvgIpc) is 2.93. The number of nitrogens with one attached hydrogen (secondary N) is 2. The number of pyridine rings is 1. The second-order valence-corrected chi connectivity index (χ2v) is 3.36. The zero-order valence-electron chi connectivity index (χ0n) is 9.15. The van der Waals surface area contributed by atoms with Crippen LogP contribution in [0, 0.1) is 0 Å².